The van der Waals surface area contributed by atoms with Gasteiger partial charge in [0.1, 0.15) is 0 Å². The van der Waals surface area contributed by atoms with Crippen LogP contribution in [0.15, 0.2) is 29.2 Å². The molecule has 0 amide bonds. The van der Waals surface area contributed by atoms with Gasteiger partial charge in [0, 0.05) is 19.6 Å². The molecule has 2 atom stereocenters. The van der Waals surface area contributed by atoms with Crippen molar-refractivity contribution in [3.8, 4) is 0 Å². The van der Waals surface area contributed by atoms with Gasteiger partial charge in [-0.25, -0.2) is 8.42 Å². The number of hydrogen-bond donors (Lipinski definition) is 1. The summed E-state index contributed by atoms with van der Waals surface area (Å²) in [6.45, 7) is 7.99. The Morgan fingerprint density at radius 3 is 2.48 bits per heavy atom. The molecule has 1 aliphatic heterocycles. The van der Waals surface area contributed by atoms with Crippen molar-refractivity contribution in [2.24, 2.45) is 0 Å². The van der Waals surface area contributed by atoms with E-state index in [4.69, 9.17) is 4.74 Å². The van der Waals surface area contributed by atoms with Gasteiger partial charge in [0.05, 0.1) is 17.1 Å². The number of nitrogens with zero attached hydrogens (tertiary/aromatic N) is 1. The van der Waals surface area contributed by atoms with Gasteiger partial charge in [0.2, 0.25) is 10.0 Å². The predicted molar refractivity (Wildman–Crippen MR) is 82.6 cm³/mol. The lowest BCUT2D eigenvalue weighted by Crippen LogP contribution is -2.48. The zero-order valence-electron chi connectivity index (χ0n) is 12.9. The summed E-state index contributed by atoms with van der Waals surface area (Å²) < 4.78 is 33.0. The molecule has 1 N–H and O–H groups in total. The molecule has 0 radical (unpaired) electrons. The third-order valence-corrected chi connectivity index (χ3v) is 5.47. The van der Waals surface area contributed by atoms with E-state index in [-0.39, 0.29) is 12.2 Å². The molecule has 2 rings (SSSR count). The van der Waals surface area contributed by atoms with E-state index in [1.54, 1.807) is 12.1 Å². The molecule has 118 valence electrons. The Balaban J connectivity index is 2.31. The van der Waals surface area contributed by atoms with Crippen LogP contribution >= 0.6 is 0 Å². The van der Waals surface area contributed by atoms with Crippen molar-refractivity contribution in [3.05, 3.63) is 29.8 Å². The van der Waals surface area contributed by atoms with Crippen LogP contribution < -0.4 is 5.32 Å². The molecule has 0 spiro atoms. The lowest BCUT2D eigenvalue weighted by atomic mass is 10.2. The molecule has 0 saturated carbocycles. The minimum Gasteiger partial charge on any atom is -0.373 e. The second-order valence-corrected chi connectivity index (χ2v) is 7.37. The fraction of sp³-hybridized carbons (Fsp3) is 0.600. The number of benzene rings is 1. The maximum absolute atomic E-state index is 12.9. The van der Waals surface area contributed by atoms with E-state index >= 15 is 0 Å². The van der Waals surface area contributed by atoms with Gasteiger partial charge >= 0.3 is 0 Å². The topological polar surface area (TPSA) is 58.6 Å². The molecule has 5 nitrogen and oxygen atoms in total. The molecule has 1 aromatic carbocycles. The van der Waals surface area contributed by atoms with Gasteiger partial charge in [0.25, 0.3) is 0 Å². The fourth-order valence-corrected chi connectivity index (χ4v) is 4.44. The first kappa shape index (κ1) is 16.4. The van der Waals surface area contributed by atoms with Crippen LogP contribution in [0, 0.1) is 0 Å². The molecule has 1 saturated heterocycles. The van der Waals surface area contributed by atoms with E-state index in [1.807, 2.05) is 32.9 Å². The first-order valence-electron chi connectivity index (χ1n) is 7.39. The second kappa shape index (κ2) is 6.87. The molecule has 21 heavy (non-hydrogen) atoms. The summed E-state index contributed by atoms with van der Waals surface area (Å²) in [5.74, 6) is 0. The van der Waals surface area contributed by atoms with E-state index in [0.717, 1.165) is 12.1 Å². The molecule has 0 aliphatic carbocycles. The van der Waals surface area contributed by atoms with Crippen molar-refractivity contribution in [3.63, 3.8) is 0 Å². The highest BCUT2D eigenvalue weighted by Gasteiger charge is 2.33. The number of ether oxygens (including phenoxy) is 1. The standard InChI is InChI=1S/C15H24N2O3S/c1-4-16-9-14-7-5-6-8-15(14)21(18,19)17-10-12(2)20-13(3)11-17/h5-8,12-13,16H,4,9-11H2,1-3H3/t12-,13+. The van der Waals surface area contributed by atoms with Crippen molar-refractivity contribution in [1.82, 2.24) is 9.62 Å². The predicted octanol–water partition coefficient (Wildman–Crippen LogP) is 1.59. The second-order valence-electron chi connectivity index (χ2n) is 5.47. The number of morpholine rings is 1. The summed E-state index contributed by atoms with van der Waals surface area (Å²) in [5, 5.41) is 3.19. The third-order valence-electron chi connectivity index (χ3n) is 3.54. The summed E-state index contributed by atoms with van der Waals surface area (Å²) in [6, 6.07) is 7.20. The third kappa shape index (κ3) is 3.83. The van der Waals surface area contributed by atoms with Crippen molar-refractivity contribution in [2.75, 3.05) is 19.6 Å². The molecule has 0 bridgehead atoms. The van der Waals surface area contributed by atoms with E-state index in [1.165, 1.54) is 4.31 Å². The number of rotatable bonds is 5. The smallest absolute Gasteiger partial charge is 0.243 e. The fourth-order valence-electron chi connectivity index (χ4n) is 2.63. The number of sulfonamides is 1. The normalized spacial score (nSPS) is 24.1. The highest BCUT2D eigenvalue weighted by atomic mass is 32.2. The minimum absolute atomic E-state index is 0.0792. The number of hydrogen-bond acceptors (Lipinski definition) is 4. The molecular weight excluding hydrogens is 288 g/mol. The first-order valence-corrected chi connectivity index (χ1v) is 8.83. The van der Waals surface area contributed by atoms with E-state index in [0.29, 0.717) is 24.5 Å². The molecule has 1 fully saturated rings. The van der Waals surface area contributed by atoms with Gasteiger partial charge in [-0.3, -0.25) is 0 Å². The van der Waals surface area contributed by atoms with Crippen LogP contribution in [-0.2, 0) is 21.3 Å². The van der Waals surface area contributed by atoms with Crippen molar-refractivity contribution >= 4 is 10.0 Å². The Bertz CT molecular complexity index is 564. The van der Waals surface area contributed by atoms with Gasteiger partial charge in [0.15, 0.2) is 0 Å². The summed E-state index contributed by atoms with van der Waals surface area (Å²) in [4.78, 5) is 0.396. The molecule has 1 heterocycles. The van der Waals surface area contributed by atoms with Gasteiger partial charge in [-0.15, -0.1) is 0 Å². The Kier molecular flexibility index (Phi) is 5.37. The lowest BCUT2D eigenvalue weighted by Gasteiger charge is -2.34. The molecular formula is C15H24N2O3S. The van der Waals surface area contributed by atoms with E-state index in [9.17, 15) is 8.42 Å². The van der Waals surface area contributed by atoms with Crippen LogP contribution in [0.4, 0.5) is 0 Å². The average molecular weight is 312 g/mol. The van der Waals surface area contributed by atoms with Gasteiger partial charge in [-0.1, -0.05) is 25.1 Å². The van der Waals surface area contributed by atoms with Crippen molar-refractivity contribution in [1.29, 1.82) is 0 Å². The summed E-state index contributed by atoms with van der Waals surface area (Å²) in [7, 11) is -3.48. The van der Waals surface area contributed by atoms with Gasteiger partial charge < -0.3 is 10.1 Å². The minimum atomic E-state index is -3.48. The van der Waals surface area contributed by atoms with E-state index < -0.39 is 10.0 Å². The molecule has 1 aromatic rings. The molecule has 0 unspecified atom stereocenters. The van der Waals surface area contributed by atoms with Crippen LogP contribution in [-0.4, -0.2) is 44.6 Å². The first-order chi connectivity index (χ1) is 9.95. The van der Waals surface area contributed by atoms with Crippen LogP contribution in [0.1, 0.15) is 26.3 Å². The maximum atomic E-state index is 12.9. The Morgan fingerprint density at radius 2 is 1.86 bits per heavy atom. The summed E-state index contributed by atoms with van der Waals surface area (Å²) in [5.41, 5.74) is 0.811. The van der Waals surface area contributed by atoms with Crippen LogP contribution in [0.5, 0.6) is 0 Å². The molecule has 1 aliphatic rings. The quantitative estimate of drug-likeness (QED) is 0.897. The van der Waals surface area contributed by atoms with Crippen molar-refractivity contribution < 1.29 is 13.2 Å². The van der Waals surface area contributed by atoms with Crippen LogP contribution in [0.2, 0.25) is 0 Å². The largest absolute Gasteiger partial charge is 0.373 e. The zero-order chi connectivity index (χ0) is 15.5. The monoisotopic (exact) mass is 312 g/mol. The maximum Gasteiger partial charge on any atom is 0.243 e. The van der Waals surface area contributed by atoms with Crippen molar-refractivity contribution in [2.45, 2.75) is 44.4 Å². The van der Waals surface area contributed by atoms with Crippen LogP contribution in [0.3, 0.4) is 0 Å². The SMILES string of the molecule is CCNCc1ccccc1S(=O)(=O)N1C[C@@H](C)O[C@@H](C)C1. The van der Waals surface area contributed by atoms with Gasteiger partial charge in [-0.2, -0.15) is 4.31 Å². The van der Waals surface area contributed by atoms with Gasteiger partial charge in [-0.05, 0) is 32.0 Å². The Labute approximate surface area is 127 Å². The molecule has 6 heteroatoms. The zero-order valence-corrected chi connectivity index (χ0v) is 13.7. The van der Waals surface area contributed by atoms with Crippen LogP contribution in [0.25, 0.3) is 0 Å². The Hall–Kier alpha value is -0.950. The average Bonchev–Trinajstić information content (AvgIpc) is 2.44. The summed E-state index contributed by atoms with van der Waals surface area (Å²) in [6.07, 6.45) is -0.158. The number of nitrogens with one attached hydrogen (secondary N) is 1. The highest BCUT2D eigenvalue weighted by molar-refractivity contribution is 7.89. The molecule has 0 aromatic heterocycles. The highest BCUT2D eigenvalue weighted by Crippen LogP contribution is 2.23. The summed E-state index contributed by atoms with van der Waals surface area (Å²) >= 11 is 0. The lowest BCUT2D eigenvalue weighted by molar-refractivity contribution is -0.0441. The van der Waals surface area contributed by atoms with E-state index in [2.05, 4.69) is 5.32 Å². The Morgan fingerprint density at radius 1 is 1.24 bits per heavy atom.